The second-order valence-corrected chi connectivity index (χ2v) is 6.68. The summed E-state index contributed by atoms with van der Waals surface area (Å²) in [5.74, 6) is 0. The highest BCUT2D eigenvalue weighted by Gasteiger charge is 2.19. The molecule has 0 radical (unpaired) electrons. The molecular formula is C17H36N2O. The van der Waals surface area contributed by atoms with Gasteiger partial charge in [-0.25, -0.2) is 0 Å². The molecule has 0 spiro atoms. The quantitative estimate of drug-likeness (QED) is 0.524. The van der Waals surface area contributed by atoms with Crippen molar-refractivity contribution in [3.05, 3.63) is 0 Å². The lowest BCUT2D eigenvalue weighted by molar-refractivity contribution is 0.0764. The summed E-state index contributed by atoms with van der Waals surface area (Å²) >= 11 is 0. The van der Waals surface area contributed by atoms with Crippen LogP contribution in [0.3, 0.4) is 0 Å². The first-order valence-electron chi connectivity index (χ1n) is 8.68. The first kappa shape index (κ1) is 17.9. The SMILES string of the molecule is CC(C)N(CCOCCCCCCNC1CC1)C(C)C. The van der Waals surface area contributed by atoms with Crippen molar-refractivity contribution in [1.29, 1.82) is 0 Å². The van der Waals surface area contributed by atoms with Crippen LogP contribution in [0.15, 0.2) is 0 Å². The molecule has 1 aliphatic carbocycles. The Labute approximate surface area is 126 Å². The minimum atomic E-state index is 0.609. The van der Waals surface area contributed by atoms with Gasteiger partial charge in [-0.1, -0.05) is 12.8 Å². The molecule has 3 nitrogen and oxygen atoms in total. The highest BCUT2D eigenvalue weighted by atomic mass is 16.5. The smallest absolute Gasteiger partial charge is 0.0593 e. The molecule has 0 saturated heterocycles. The average molecular weight is 284 g/mol. The van der Waals surface area contributed by atoms with E-state index in [4.69, 9.17) is 4.74 Å². The van der Waals surface area contributed by atoms with Crippen molar-refractivity contribution in [3.63, 3.8) is 0 Å². The maximum Gasteiger partial charge on any atom is 0.0593 e. The van der Waals surface area contributed by atoms with Crippen LogP contribution < -0.4 is 5.32 Å². The van der Waals surface area contributed by atoms with Crippen LogP contribution in [-0.4, -0.2) is 49.3 Å². The van der Waals surface area contributed by atoms with Gasteiger partial charge in [-0.15, -0.1) is 0 Å². The van der Waals surface area contributed by atoms with E-state index >= 15 is 0 Å². The maximum absolute atomic E-state index is 5.76. The van der Waals surface area contributed by atoms with Crippen LogP contribution in [0.4, 0.5) is 0 Å². The molecule has 3 heteroatoms. The van der Waals surface area contributed by atoms with E-state index in [1.165, 1.54) is 45.1 Å². The van der Waals surface area contributed by atoms with Gasteiger partial charge in [0.1, 0.15) is 0 Å². The Bertz CT molecular complexity index is 219. The Balaban J connectivity index is 1.81. The predicted octanol–water partition coefficient (Wildman–Crippen LogP) is 3.43. The van der Waals surface area contributed by atoms with Crippen molar-refractivity contribution >= 4 is 0 Å². The van der Waals surface area contributed by atoms with E-state index in [-0.39, 0.29) is 0 Å². The normalized spacial score (nSPS) is 15.8. The van der Waals surface area contributed by atoms with E-state index in [2.05, 4.69) is 37.9 Å². The summed E-state index contributed by atoms with van der Waals surface area (Å²) in [6.07, 6.45) is 7.99. The Morgan fingerprint density at radius 1 is 0.950 bits per heavy atom. The van der Waals surface area contributed by atoms with E-state index in [0.29, 0.717) is 12.1 Å². The molecule has 1 rings (SSSR count). The highest BCUT2D eigenvalue weighted by molar-refractivity contribution is 4.80. The molecule has 20 heavy (non-hydrogen) atoms. The summed E-state index contributed by atoms with van der Waals surface area (Å²) in [7, 11) is 0. The zero-order valence-electron chi connectivity index (χ0n) is 14.2. The van der Waals surface area contributed by atoms with Crippen LogP contribution in [0, 0.1) is 0 Å². The second kappa shape index (κ2) is 10.6. The lowest BCUT2D eigenvalue weighted by atomic mass is 10.2. The van der Waals surface area contributed by atoms with E-state index in [0.717, 1.165) is 25.8 Å². The molecule has 0 aromatic heterocycles. The largest absolute Gasteiger partial charge is 0.380 e. The lowest BCUT2D eigenvalue weighted by Crippen LogP contribution is -2.39. The molecular weight excluding hydrogens is 248 g/mol. The Morgan fingerprint density at radius 2 is 1.60 bits per heavy atom. The van der Waals surface area contributed by atoms with Crippen LogP contribution in [-0.2, 0) is 4.74 Å². The zero-order chi connectivity index (χ0) is 14.8. The van der Waals surface area contributed by atoms with Gasteiger partial charge in [-0.3, -0.25) is 4.90 Å². The van der Waals surface area contributed by atoms with Gasteiger partial charge in [0.25, 0.3) is 0 Å². The van der Waals surface area contributed by atoms with Crippen molar-refractivity contribution in [2.24, 2.45) is 0 Å². The van der Waals surface area contributed by atoms with Gasteiger partial charge in [0.05, 0.1) is 6.61 Å². The molecule has 1 aliphatic rings. The molecule has 0 bridgehead atoms. The molecule has 0 unspecified atom stereocenters. The number of hydrogen-bond acceptors (Lipinski definition) is 3. The highest BCUT2D eigenvalue weighted by Crippen LogP contribution is 2.18. The summed E-state index contributed by atoms with van der Waals surface area (Å²) in [5.41, 5.74) is 0. The van der Waals surface area contributed by atoms with E-state index in [9.17, 15) is 0 Å². The Morgan fingerprint density at radius 3 is 2.20 bits per heavy atom. The molecule has 0 heterocycles. The van der Waals surface area contributed by atoms with E-state index in [1.807, 2.05) is 0 Å². The third-order valence-corrected chi connectivity index (χ3v) is 4.05. The fourth-order valence-corrected chi connectivity index (χ4v) is 2.66. The number of nitrogens with one attached hydrogen (secondary N) is 1. The minimum Gasteiger partial charge on any atom is -0.380 e. The van der Waals surface area contributed by atoms with Crippen LogP contribution in [0.2, 0.25) is 0 Å². The number of unbranched alkanes of at least 4 members (excludes halogenated alkanes) is 3. The summed E-state index contributed by atoms with van der Waals surface area (Å²) in [6.45, 7) is 13.1. The van der Waals surface area contributed by atoms with Gasteiger partial charge in [-0.05, 0) is 59.9 Å². The molecule has 1 N–H and O–H groups in total. The topological polar surface area (TPSA) is 24.5 Å². The summed E-state index contributed by atoms with van der Waals surface area (Å²) in [4.78, 5) is 2.49. The van der Waals surface area contributed by atoms with Crippen LogP contribution >= 0.6 is 0 Å². The van der Waals surface area contributed by atoms with Gasteiger partial charge in [0.15, 0.2) is 0 Å². The van der Waals surface area contributed by atoms with Crippen LogP contribution in [0.5, 0.6) is 0 Å². The van der Waals surface area contributed by atoms with E-state index < -0.39 is 0 Å². The summed E-state index contributed by atoms with van der Waals surface area (Å²) in [5, 5.41) is 3.56. The summed E-state index contributed by atoms with van der Waals surface area (Å²) < 4.78 is 5.76. The Hall–Kier alpha value is -0.120. The van der Waals surface area contributed by atoms with Crippen LogP contribution in [0.25, 0.3) is 0 Å². The lowest BCUT2D eigenvalue weighted by Gasteiger charge is -2.30. The van der Waals surface area contributed by atoms with E-state index in [1.54, 1.807) is 0 Å². The third kappa shape index (κ3) is 8.93. The van der Waals surface area contributed by atoms with Crippen LogP contribution in [0.1, 0.15) is 66.2 Å². The molecule has 0 aliphatic heterocycles. The average Bonchev–Trinajstić information content (AvgIpc) is 3.19. The fraction of sp³-hybridized carbons (Fsp3) is 1.00. The van der Waals surface area contributed by atoms with Crippen molar-refractivity contribution in [2.75, 3.05) is 26.3 Å². The molecule has 1 fully saturated rings. The van der Waals surface area contributed by atoms with Gasteiger partial charge in [0, 0.05) is 31.3 Å². The van der Waals surface area contributed by atoms with Gasteiger partial charge in [0.2, 0.25) is 0 Å². The van der Waals surface area contributed by atoms with Crippen molar-refractivity contribution in [1.82, 2.24) is 10.2 Å². The molecule has 0 aromatic rings. The first-order valence-corrected chi connectivity index (χ1v) is 8.68. The standard InChI is InChI=1S/C17H36N2O/c1-15(2)19(16(3)4)12-14-20-13-8-6-5-7-11-18-17-9-10-17/h15-18H,5-14H2,1-4H3. The number of ether oxygens (including phenoxy) is 1. The summed E-state index contributed by atoms with van der Waals surface area (Å²) in [6, 6.07) is 2.08. The van der Waals surface area contributed by atoms with Crippen molar-refractivity contribution in [2.45, 2.75) is 84.3 Å². The minimum absolute atomic E-state index is 0.609. The number of nitrogens with zero attached hydrogens (tertiary/aromatic N) is 1. The third-order valence-electron chi connectivity index (χ3n) is 4.05. The number of rotatable bonds is 13. The number of hydrogen-bond donors (Lipinski definition) is 1. The monoisotopic (exact) mass is 284 g/mol. The molecule has 1 saturated carbocycles. The van der Waals surface area contributed by atoms with Gasteiger partial charge in [-0.2, -0.15) is 0 Å². The first-order chi connectivity index (χ1) is 9.61. The fourth-order valence-electron chi connectivity index (χ4n) is 2.66. The van der Waals surface area contributed by atoms with Crippen molar-refractivity contribution in [3.8, 4) is 0 Å². The molecule has 0 aromatic carbocycles. The predicted molar refractivity (Wildman–Crippen MR) is 87.3 cm³/mol. The zero-order valence-corrected chi connectivity index (χ0v) is 14.2. The van der Waals surface area contributed by atoms with Gasteiger partial charge < -0.3 is 10.1 Å². The van der Waals surface area contributed by atoms with Gasteiger partial charge >= 0.3 is 0 Å². The molecule has 120 valence electrons. The molecule has 0 amide bonds. The second-order valence-electron chi connectivity index (χ2n) is 6.68. The Kier molecular flexibility index (Phi) is 9.49. The maximum atomic E-state index is 5.76. The molecule has 0 atom stereocenters. The van der Waals surface area contributed by atoms with Crippen molar-refractivity contribution < 1.29 is 4.74 Å².